The van der Waals surface area contributed by atoms with Crippen molar-refractivity contribution >= 4 is 6.29 Å². The first-order valence-corrected chi connectivity index (χ1v) is 2.81. The zero-order chi connectivity index (χ0) is 8.15. The van der Waals surface area contributed by atoms with Gasteiger partial charge in [0, 0.05) is 0 Å². The Kier molecular flexibility index (Phi) is 4.13. The largest absolute Gasteiger partial charge is 0.394 e. The van der Waals surface area contributed by atoms with E-state index in [9.17, 15) is 4.79 Å². The van der Waals surface area contributed by atoms with Crippen LogP contribution in [0.5, 0.6) is 0 Å². The van der Waals surface area contributed by atoms with Crippen molar-refractivity contribution in [2.45, 2.75) is 18.2 Å². The van der Waals surface area contributed by atoms with Gasteiger partial charge in [-0.05, 0) is 0 Å². The lowest BCUT2D eigenvalue weighted by molar-refractivity contribution is -0.117. The summed E-state index contributed by atoms with van der Waals surface area (Å²) < 4.78 is 0. The third kappa shape index (κ3) is 2.40. The lowest BCUT2D eigenvalue weighted by atomic mass is 10.1. The Morgan fingerprint density at radius 3 is 2.30 bits per heavy atom. The molecule has 3 atom stereocenters. The van der Waals surface area contributed by atoms with Crippen molar-refractivity contribution in [3.8, 4) is 0 Å². The van der Waals surface area contributed by atoms with Gasteiger partial charge >= 0.3 is 0 Å². The third-order valence-corrected chi connectivity index (χ3v) is 1.17. The summed E-state index contributed by atoms with van der Waals surface area (Å²) in [6.45, 7) is -0.563. The van der Waals surface area contributed by atoms with Crippen LogP contribution in [0.2, 0.25) is 0 Å². The second kappa shape index (κ2) is 4.35. The molecule has 0 saturated carbocycles. The van der Waals surface area contributed by atoms with E-state index in [-0.39, 0.29) is 6.29 Å². The Bertz CT molecular complexity index is 108. The second-order valence-electron chi connectivity index (χ2n) is 1.95. The zero-order valence-corrected chi connectivity index (χ0v) is 5.34. The minimum atomic E-state index is -1.41. The van der Waals surface area contributed by atoms with Crippen LogP contribution in [0.4, 0.5) is 0 Å². The molecule has 0 bridgehead atoms. The molecule has 0 saturated heterocycles. The predicted octanol–water partition coefficient (Wildman–Crippen LogP) is -2.77. The number of hydrogen-bond donors (Lipinski definition) is 4. The van der Waals surface area contributed by atoms with Crippen molar-refractivity contribution in [3.63, 3.8) is 0 Å². The van der Waals surface area contributed by atoms with Gasteiger partial charge in [0.15, 0.2) is 0 Å². The number of rotatable bonds is 4. The van der Waals surface area contributed by atoms with Gasteiger partial charge < -0.3 is 25.8 Å². The number of aliphatic hydroxyl groups excluding tert-OH is 3. The average molecular weight is 149 g/mol. The number of aldehydes is 1. The molecule has 0 aliphatic heterocycles. The number of carbonyl (C=O) groups excluding carboxylic acids is 1. The van der Waals surface area contributed by atoms with E-state index in [0.29, 0.717) is 0 Å². The number of hydrogen-bond acceptors (Lipinski definition) is 5. The fourth-order valence-corrected chi connectivity index (χ4v) is 0.440. The summed E-state index contributed by atoms with van der Waals surface area (Å²) in [7, 11) is 0. The first-order chi connectivity index (χ1) is 4.63. The summed E-state index contributed by atoms with van der Waals surface area (Å²) in [5.74, 6) is 0. The van der Waals surface area contributed by atoms with E-state index in [4.69, 9.17) is 21.1 Å². The molecule has 5 N–H and O–H groups in total. The summed E-state index contributed by atoms with van der Waals surface area (Å²) in [5.41, 5.74) is 5.09. The monoisotopic (exact) mass is 149 g/mol. The maximum Gasteiger partial charge on any atom is 0.150 e. The molecule has 0 radical (unpaired) electrons. The smallest absolute Gasteiger partial charge is 0.150 e. The summed E-state index contributed by atoms with van der Waals surface area (Å²) >= 11 is 0. The summed E-state index contributed by atoms with van der Waals surface area (Å²) in [6.07, 6.45) is -2.45. The molecule has 0 heterocycles. The predicted molar refractivity (Wildman–Crippen MR) is 33.1 cm³/mol. The van der Waals surface area contributed by atoms with Gasteiger partial charge in [-0.2, -0.15) is 0 Å². The summed E-state index contributed by atoms with van der Waals surface area (Å²) in [4.78, 5) is 9.84. The normalized spacial score (nSPS) is 19.6. The Hall–Kier alpha value is -0.490. The van der Waals surface area contributed by atoms with Crippen LogP contribution in [0.3, 0.4) is 0 Å². The van der Waals surface area contributed by atoms with Crippen molar-refractivity contribution in [2.75, 3.05) is 6.61 Å². The Balaban J connectivity index is 3.80. The molecule has 0 spiro atoms. The van der Waals surface area contributed by atoms with Crippen molar-refractivity contribution in [1.29, 1.82) is 0 Å². The first-order valence-electron chi connectivity index (χ1n) is 2.81. The Labute approximate surface area is 58.1 Å². The highest BCUT2D eigenvalue weighted by Gasteiger charge is 2.21. The lowest BCUT2D eigenvalue weighted by Crippen LogP contribution is -2.47. The van der Waals surface area contributed by atoms with E-state index in [1.165, 1.54) is 0 Å². The van der Waals surface area contributed by atoms with E-state index in [0.717, 1.165) is 0 Å². The van der Waals surface area contributed by atoms with Crippen LogP contribution in [-0.4, -0.2) is 46.5 Å². The van der Waals surface area contributed by atoms with Crippen molar-refractivity contribution in [3.05, 3.63) is 0 Å². The molecule has 5 heteroatoms. The van der Waals surface area contributed by atoms with Crippen molar-refractivity contribution < 1.29 is 20.1 Å². The van der Waals surface area contributed by atoms with E-state index in [2.05, 4.69) is 0 Å². The van der Waals surface area contributed by atoms with Gasteiger partial charge in [-0.3, -0.25) is 0 Å². The highest BCUT2D eigenvalue weighted by atomic mass is 16.3. The maximum absolute atomic E-state index is 9.84. The molecule has 0 aromatic rings. The highest BCUT2D eigenvalue weighted by molar-refractivity contribution is 5.57. The van der Waals surface area contributed by atoms with Crippen LogP contribution in [0.1, 0.15) is 0 Å². The van der Waals surface area contributed by atoms with Crippen LogP contribution in [0.15, 0.2) is 0 Å². The quantitative estimate of drug-likeness (QED) is 0.324. The summed E-state index contributed by atoms with van der Waals surface area (Å²) in [6, 6.07) is -1.11. The Morgan fingerprint density at radius 2 is 2.00 bits per heavy atom. The minimum absolute atomic E-state index is 0.212. The van der Waals surface area contributed by atoms with E-state index >= 15 is 0 Å². The fraction of sp³-hybridized carbons (Fsp3) is 0.800. The molecule has 0 fully saturated rings. The van der Waals surface area contributed by atoms with Gasteiger partial charge in [0.05, 0.1) is 18.8 Å². The van der Waals surface area contributed by atoms with Crippen LogP contribution >= 0.6 is 0 Å². The van der Waals surface area contributed by atoms with Gasteiger partial charge in [0.1, 0.15) is 12.4 Å². The van der Waals surface area contributed by atoms with Crippen LogP contribution in [0, 0.1) is 0 Å². The molecule has 60 valence electrons. The van der Waals surface area contributed by atoms with Gasteiger partial charge in [0.2, 0.25) is 0 Å². The third-order valence-electron chi connectivity index (χ3n) is 1.17. The van der Waals surface area contributed by atoms with Crippen LogP contribution in [0.25, 0.3) is 0 Å². The number of aliphatic hydroxyl groups is 3. The minimum Gasteiger partial charge on any atom is -0.394 e. The molecule has 0 aliphatic rings. The molecule has 10 heavy (non-hydrogen) atoms. The van der Waals surface area contributed by atoms with Gasteiger partial charge in [-0.1, -0.05) is 0 Å². The SMILES string of the molecule is N[C@@H]([C@H](O)C=O)[C@H](O)CO. The van der Waals surface area contributed by atoms with E-state index in [1.807, 2.05) is 0 Å². The molecule has 5 nitrogen and oxygen atoms in total. The van der Waals surface area contributed by atoms with Gasteiger partial charge in [0.25, 0.3) is 0 Å². The van der Waals surface area contributed by atoms with Crippen LogP contribution < -0.4 is 5.73 Å². The number of nitrogens with two attached hydrogens (primary N) is 1. The first kappa shape index (κ1) is 9.51. The van der Waals surface area contributed by atoms with Crippen molar-refractivity contribution in [1.82, 2.24) is 0 Å². The standard InChI is InChI=1S/C5H11NO4/c6-5(3(9)1-7)4(10)2-8/h1,3-5,8-10H,2,6H2/t3-,4-,5+/m1/s1. The molecule has 0 unspecified atom stereocenters. The molecule has 0 rings (SSSR count). The van der Waals surface area contributed by atoms with E-state index < -0.39 is 24.9 Å². The summed E-state index contributed by atoms with van der Waals surface area (Å²) in [5, 5.41) is 25.7. The molecule has 0 aliphatic carbocycles. The second-order valence-corrected chi connectivity index (χ2v) is 1.95. The average Bonchev–Trinajstić information content (AvgIpc) is 2.00. The Morgan fingerprint density at radius 1 is 1.50 bits per heavy atom. The highest BCUT2D eigenvalue weighted by Crippen LogP contribution is 1.93. The maximum atomic E-state index is 9.84. The van der Waals surface area contributed by atoms with E-state index in [1.54, 1.807) is 0 Å². The molecule has 0 aromatic carbocycles. The molecular formula is C5H11NO4. The van der Waals surface area contributed by atoms with Gasteiger partial charge in [-0.25, -0.2) is 0 Å². The fourth-order valence-electron chi connectivity index (χ4n) is 0.440. The molecule has 0 aromatic heterocycles. The van der Waals surface area contributed by atoms with Gasteiger partial charge in [-0.15, -0.1) is 0 Å². The number of carbonyl (C=O) groups is 1. The van der Waals surface area contributed by atoms with Crippen molar-refractivity contribution in [2.24, 2.45) is 5.73 Å². The zero-order valence-electron chi connectivity index (χ0n) is 5.34. The molecular weight excluding hydrogens is 138 g/mol. The molecule has 0 amide bonds. The topological polar surface area (TPSA) is 104 Å². The lowest BCUT2D eigenvalue weighted by Gasteiger charge is -2.17. The van der Waals surface area contributed by atoms with Crippen LogP contribution in [-0.2, 0) is 4.79 Å².